The van der Waals surface area contributed by atoms with Crippen LogP contribution in [0.3, 0.4) is 0 Å². The summed E-state index contributed by atoms with van der Waals surface area (Å²) in [5.74, 6) is 0.395. The number of aromatic nitrogens is 1. The molecule has 0 spiro atoms. The minimum atomic E-state index is -0.454. The summed E-state index contributed by atoms with van der Waals surface area (Å²) in [6, 6.07) is 7.98. The first-order valence-electron chi connectivity index (χ1n) is 9.94. The smallest absolute Gasteiger partial charge is 0.245 e. The maximum atomic E-state index is 12.5. The Morgan fingerprint density at radius 3 is 2.83 bits per heavy atom. The van der Waals surface area contributed by atoms with Gasteiger partial charge in [0.15, 0.2) is 0 Å². The number of aryl methyl sites for hydroxylation is 1. The van der Waals surface area contributed by atoms with Crippen LogP contribution in [0.5, 0.6) is 0 Å². The quantitative estimate of drug-likeness (QED) is 0.697. The van der Waals surface area contributed by atoms with Crippen LogP contribution in [-0.4, -0.2) is 42.9 Å². The molecule has 1 unspecified atom stereocenters. The first-order chi connectivity index (χ1) is 14.1. The zero-order chi connectivity index (χ0) is 20.2. The van der Waals surface area contributed by atoms with Gasteiger partial charge in [0, 0.05) is 24.7 Å². The van der Waals surface area contributed by atoms with E-state index in [0.29, 0.717) is 45.2 Å². The lowest BCUT2D eigenvalue weighted by Crippen LogP contribution is -2.38. The number of nitrogens with one attached hydrogen (secondary N) is 1. The van der Waals surface area contributed by atoms with Crippen LogP contribution in [0.25, 0.3) is 0 Å². The molecule has 29 heavy (non-hydrogen) atoms. The van der Waals surface area contributed by atoms with E-state index in [9.17, 15) is 4.79 Å². The lowest BCUT2D eigenvalue weighted by atomic mass is 9.94. The molecule has 1 aromatic carbocycles. The topological polar surface area (TPSA) is 98.8 Å². The number of nitrogens with zero attached hydrogens (tertiary/aromatic N) is 2. The van der Waals surface area contributed by atoms with Gasteiger partial charge in [-0.25, -0.2) is 4.98 Å². The molecule has 0 bridgehead atoms. The molecule has 7 nitrogen and oxygen atoms in total. The number of pyridine rings is 1. The SMILES string of the molecule is Cc1ccc(CCOCCNC(=O)C2Cc3c(nc(N)c4c3COC4)C=N2)cc1. The molecule has 0 saturated carbocycles. The normalized spacial score (nSPS) is 17.1. The average Bonchev–Trinajstić information content (AvgIpc) is 3.22. The van der Waals surface area contributed by atoms with E-state index in [1.165, 1.54) is 11.1 Å². The second-order valence-corrected chi connectivity index (χ2v) is 7.45. The second-order valence-electron chi connectivity index (χ2n) is 7.45. The Balaban J connectivity index is 1.22. The van der Waals surface area contributed by atoms with Gasteiger partial charge in [0.2, 0.25) is 5.91 Å². The van der Waals surface area contributed by atoms with Crippen molar-refractivity contribution in [2.24, 2.45) is 4.99 Å². The monoisotopic (exact) mass is 394 g/mol. The van der Waals surface area contributed by atoms with Crippen molar-refractivity contribution < 1.29 is 14.3 Å². The van der Waals surface area contributed by atoms with Crippen molar-refractivity contribution in [3.8, 4) is 0 Å². The highest BCUT2D eigenvalue weighted by molar-refractivity contribution is 5.90. The zero-order valence-corrected chi connectivity index (χ0v) is 16.6. The van der Waals surface area contributed by atoms with Gasteiger partial charge < -0.3 is 20.5 Å². The van der Waals surface area contributed by atoms with E-state index in [4.69, 9.17) is 15.2 Å². The fourth-order valence-electron chi connectivity index (χ4n) is 3.66. The molecule has 3 heterocycles. The van der Waals surface area contributed by atoms with Crippen LogP contribution < -0.4 is 11.1 Å². The molecule has 3 N–H and O–H groups in total. The fourth-order valence-corrected chi connectivity index (χ4v) is 3.66. The van der Waals surface area contributed by atoms with E-state index in [0.717, 1.165) is 28.8 Å². The molecule has 0 saturated heterocycles. The Morgan fingerprint density at radius 2 is 2.00 bits per heavy atom. The van der Waals surface area contributed by atoms with Crippen molar-refractivity contribution in [2.45, 2.75) is 39.0 Å². The molecular weight excluding hydrogens is 368 g/mol. The van der Waals surface area contributed by atoms with Crippen LogP contribution in [0, 0.1) is 6.92 Å². The van der Waals surface area contributed by atoms with Crippen molar-refractivity contribution in [3.63, 3.8) is 0 Å². The van der Waals surface area contributed by atoms with Gasteiger partial charge in [-0.05, 0) is 30.0 Å². The largest absolute Gasteiger partial charge is 0.383 e. The molecule has 152 valence electrons. The Kier molecular flexibility index (Phi) is 5.87. The summed E-state index contributed by atoms with van der Waals surface area (Å²) in [6.07, 6.45) is 3.03. The molecule has 7 heteroatoms. The van der Waals surface area contributed by atoms with E-state index in [-0.39, 0.29) is 5.91 Å². The lowest BCUT2D eigenvalue weighted by molar-refractivity contribution is -0.122. The summed E-state index contributed by atoms with van der Waals surface area (Å²) in [7, 11) is 0. The van der Waals surface area contributed by atoms with Gasteiger partial charge in [-0.2, -0.15) is 0 Å². The van der Waals surface area contributed by atoms with Crippen molar-refractivity contribution in [2.75, 3.05) is 25.5 Å². The van der Waals surface area contributed by atoms with Gasteiger partial charge in [-0.3, -0.25) is 9.79 Å². The molecule has 4 rings (SSSR count). The van der Waals surface area contributed by atoms with Crippen LogP contribution in [0.2, 0.25) is 0 Å². The summed E-state index contributed by atoms with van der Waals surface area (Å²) >= 11 is 0. The molecule has 1 amide bonds. The Labute approximate surface area is 170 Å². The summed E-state index contributed by atoms with van der Waals surface area (Å²) in [5, 5.41) is 2.91. The Bertz CT molecular complexity index is 925. The third-order valence-electron chi connectivity index (χ3n) is 5.36. The number of nitrogens with two attached hydrogens (primary N) is 1. The molecule has 0 aliphatic carbocycles. The highest BCUT2D eigenvalue weighted by Crippen LogP contribution is 2.31. The van der Waals surface area contributed by atoms with Crippen LogP contribution in [0.1, 0.15) is 33.5 Å². The number of rotatable bonds is 7. The summed E-state index contributed by atoms with van der Waals surface area (Å²) in [6.45, 7) is 4.65. The summed E-state index contributed by atoms with van der Waals surface area (Å²) < 4.78 is 11.2. The van der Waals surface area contributed by atoms with E-state index < -0.39 is 6.04 Å². The number of aliphatic imine (C=N–C) groups is 1. The number of amides is 1. The number of ether oxygens (including phenoxy) is 2. The summed E-state index contributed by atoms with van der Waals surface area (Å²) in [5.41, 5.74) is 12.3. The van der Waals surface area contributed by atoms with Crippen LogP contribution in [0.4, 0.5) is 5.82 Å². The van der Waals surface area contributed by atoms with Crippen molar-refractivity contribution >= 4 is 17.9 Å². The maximum absolute atomic E-state index is 12.5. The van der Waals surface area contributed by atoms with E-state index in [1.807, 2.05) is 0 Å². The Morgan fingerprint density at radius 1 is 1.21 bits per heavy atom. The first-order valence-corrected chi connectivity index (χ1v) is 9.94. The highest BCUT2D eigenvalue weighted by atomic mass is 16.5. The van der Waals surface area contributed by atoms with Crippen LogP contribution in [0.15, 0.2) is 29.3 Å². The van der Waals surface area contributed by atoms with E-state index in [1.54, 1.807) is 6.21 Å². The van der Waals surface area contributed by atoms with Gasteiger partial charge in [0.1, 0.15) is 11.9 Å². The predicted octanol–water partition coefficient (Wildman–Crippen LogP) is 1.72. The third-order valence-corrected chi connectivity index (χ3v) is 5.36. The van der Waals surface area contributed by atoms with Crippen LogP contribution in [-0.2, 0) is 40.3 Å². The number of nitrogen functional groups attached to an aromatic ring is 1. The highest BCUT2D eigenvalue weighted by Gasteiger charge is 2.29. The first kappa shape index (κ1) is 19.5. The van der Waals surface area contributed by atoms with Gasteiger partial charge in [-0.1, -0.05) is 29.8 Å². The second kappa shape index (κ2) is 8.71. The minimum absolute atomic E-state index is 0.0986. The molecule has 2 aliphatic rings. The van der Waals surface area contributed by atoms with Crippen molar-refractivity contribution in [1.82, 2.24) is 10.3 Å². The Hall–Kier alpha value is -2.77. The predicted molar refractivity (Wildman–Crippen MR) is 111 cm³/mol. The number of benzene rings is 1. The molecule has 1 aromatic heterocycles. The summed E-state index contributed by atoms with van der Waals surface area (Å²) in [4.78, 5) is 21.3. The third kappa shape index (κ3) is 4.46. The van der Waals surface area contributed by atoms with Crippen molar-refractivity contribution in [1.29, 1.82) is 0 Å². The van der Waals surface area contributed by atoms with E-state index >= 15 is 0 Å². The number of carbonyl (C=O) groups is 1. The molecule has 2 aromatic rings. The number of hydrogen-bond donors (Lipinski definition) is 2. The van der Waals surface area contributed by atoms with Gasteiger partial charge >= 0.3 is 0 Å². The number of hydrogen-bond acceptors (Lipinski definition) is 6. The lowest BCUT2D eigenvalue weighted by Gasteiger charge is -2.20. The molecule has 1 atom stereocenters. The average molecular weight is 394 g/mol. The van der Waals surface area contributed by atoms with E-state index in [2.05, 4.69) is 46.5 Å². The standard InChI is InChI=1S/C22H26N4O3/c1-14-2-4-15(5-3-14)6-8-28-9-7-24-22(27)19-10-16-17-12-29-13-18(17)21(23)26-20(16)11-25-19/h2-5,11,19H,6-10,12-13H2,1H3,(H2,23,26)(H,24,27). The maximum Gasteiger partial charge on any atom is 0.245 e. The van der Waals surface area contributed by atoms with Crippen LogP contribution >= 0.6 is 0 Å². The van der Waals surface area contributed by atoms with Gasteiger partial charge in [-0.15, -0.1) is 0 Å². The van der Waals surface area contributed by atoms with Gasteiger partial charge in [0.05, 0.1) is 32.1 Å². The minimum Gasteiger partial charge on any atom is -0.383 e. The number of anilines is 1. The van der Waals surface area contributed by atoms with Gasteiger partial charge in [0.25, 0.3) is 0 Å². The molecule has 0 radical (unpaired) electrons. The fraction of sp³-hybridized carbons (Fsp3) is 0.409. The van der Waals surface area contributed by atoms with Crippen molar-refractivity contribution in [3.05, 3.63) is 57.8 Å². The number of carbonyl (C=O) groups excluding carboxylic acids is 1. The number of fused-ring (bicyclic) bond motifs is 3. The molecule has 2 aliphatic heterocycles. The molecule has 0 fully saturated rings. The zero-order valence-electron chi connectivity index (χ0n) is 16.6. The molecular formula is C22H26N4O3.